The van der Waals surface area contributed by atoms with Gasteiger partial charge in [0.1, 0.15) is 18.0 Å². The maximum absolute atomic E-state index is 13.5. The first-order valence-electron chi connectivity index (χ1n) is 8.86. The van der Waals surface area contributed by atoms with Crippen molar-refractivity contribution in [2.45, 2.75) is 12.6 Å². The second-order valence-electron chi connectivity index (χ2n) is 6.72. The van der Waals surface area contributed by atoms with Gasteiger partial charge in [-0.25, -0.2) is 4.39 Å². The summed E-state index contributed by atoms with van der Waals surface area (Å²) in [5.41, 5.74) is -0.471. The molecular formula is C18H16F4N6O. The Morgan fingerprint density at radius 3 is 2.55 bits per heavy atom. The summed E-state index contributed by atoms with van der Waals surface area (Å²) < 4.78 is 53.6. The van der Waals surface area contributed by atoms with Crippen LogP contribution in [0.25, 0.3) is 5.65 Å². The van der Waals surface area contributed by atoms with Gasteiger partial charge in [-0.2, -0.15) is 17.7 Å². The number of carbonyl (C=O) groups excluding carboxylic acids is 1. The van der Waals surface area contributed by atoms with Gasteiger partial charge >= 0.3 is 6.18 Å². The number of hydrogen-bond acceptors (Lipinski definition) is 5. The normalized spacial score (nSPS) is 15.2. The molecule has 1 aliphatic heterocycles. The molecule has 1 fully saturated rings. The number of benzene rings is 1. The van der Waals surface area contributed by atoms with Gasteiger partial charge < -0.3 is 9.80 Å². The van der Waals surface area contributed by atoms with Crippen LogP contribution in [0.1, 0.15) is 11.1 Å². The third-order valence-electron chi connectivity index (χ3n) is 4.74. The molecule has 1 saturated heterocycles. The first-order valence-corrected chi connectivity index (χ1v) is 8.86. The zero-order chi connectivity index (χ0) is 20.6. The fourth-order valence-corrected chi connectivity index (χ4v) is 3.27. The summed E-state index contributed by atoms with van der Waals surface area (Å²) in [5, 5.41) is 12.1. The Balaban J connectivity index is 1.39. The van der Waals surface area contributed by atoms with Crippen LogP contribution >= 0.6 is 0 Å². The molecule has 1 aromatic carbocycles. The fraction of sp³-hybridized carbons (Fsp3) is 0.333. The predicted molar refractivity (Wildman–Crippen MR) is 94.7 cm³/mol. The topological polar surface area (TPSA) is 66.6 Å². The van der Waals surface area contributed by atoms with Crippen molar-refractivity contribution in [1.29, 1.82) is 0 Å². The Labute approximate surface area is 162 Å². The number of rotatable bonds is 3. The summed E-state index contributed by atoms with van der Waals surface area (Å²) in [4.78, 5) is 16.0. The van der Waals surface area contributed by atoms with Crippen molar-refractivity contribution in [3.05, 3.63) is 53.6 Å². The lowest BCUT2D eigenvalue weighted by molar-refractivity contribution is -0.138. The monoisotopic (exact) mass is 408 g/mol. The number of nitrogens with zero attached hydrogens (tertiary/aromatic N) is 6. The minimum Gasteiger partial charge on any atom is -0.352 e. The molecule has 0 radical (unpaired) electrons. The molecule has 4 rings (SSSR count). The van der Waals surface area contributed by atoms with E-state index >= 15 is 0 Å². The summed E-state index contributed by atoms with van der Waals surface area (Å²) in [6, 6.07) is 5.80. The van der Waals surface area contributed by atoms with E-state index in [1.807, 2.05) is 11.0 Å². The largest absolute Gasteiger partial charge is 0.416 e. The molecule has 2 aromatic heterocycles. The molecule has 3 aromatic rings. The number of aromatic nitrogens is 4. The van der Waals surface area contributed by atoms with Crippen molar-refractivity contribution >= 4 is 17.4 Å². The molecule has 7 nitrogen and oxygen atoms in total. The molecule has 1 aliphatic rings. The Bertz CT molecular complexity index is 1040. The highest BCUT2D eigenvalue weighted by molar-refractivity contribution is 5.79. The molecule has 0 bridgehead atoms. The van der Waals surface area contributed by atoms with Crippen molar-refractivity contribution in [3.8, 4) is 0 Å². The van der Waals surface area contributed by atoms with Crippen LogP contribution in [-0.4, -0.2) is 56.8 Å². The number of piperazine rings is 1. The van der Waals surface area contributed by atoms with Crippen LogP contribution in [0.3, 0.4) is 0 Å². The third kappa shape index (κ3) is 4.13. The number of fused-ring (bicyclic) bond motifs is 1. The van der Waals surface area contributed by atoms with E-state index in [0.717, 1.165) is 12.1 Å². The molecular weight excluding hydrogens is 392 g/mol. The summed E-state index contributed by atoms with van der Waals surface area (Å²) in [5.74, 6) is -0.641. The Morgan fingerprint density at radius 2 is 1.83 bits per heavy atom. The van der Waals surface area contributed by atoms with E-state index in [1.165, 1.54) is 6.33 Å². The van der Waals surface area contributed by atoms with Crippen molar-refractivity contribution in [2.75, 3.05) is 31.1 Å². The molecule has 0 aliphatic carbocycles. The summed E-state index contributed by atoms with van der Waals surface area (Å²) in [6.07, 6.45) is -3.46. The van der Waals surface area contributed by atoms with Crippen molar-refractivity contribution in [1.82, 2.24) is 24.7 Å². The zero-order valence-corrected chi connectivity index (χ0v) is 15.1. The molecule has 0 unspecified atom stereocenters. The number of alkyl halides is 3. The standard InChI is InChI=1S/C18H16F4N6O/c19-14-8-12(7-13(10-14)18(20,21)22)9-17(29)27-5-3-26(4-6-27)16-2-1-15-24-23-11-28(15)25-16/h1-2,7-8,10-11H,3-6,9H2. The minimum atomic E-state index is -4.66. The van der Waals surface area contributed by atoms with E-state index in [0.29, 0.717) is 43.7 Å². The highest BCUT2D eigenvalue weighted by Crippen LogP contribution is 2.30. The SMILES string of the molecule is O=C(Cc1cc(F)cc(C(F)(F)F)c1)N1CCN(c2ccc3nncn3n2)CC1. The van der Waals surface area contributed by atoms with E-state index < -0.39 is 17.6 Å². The van der Waals surface area contributed by atoms with Crippen LogP contribution in [0.2, 0.25) is 0 Å². The zero-order valence-electron chi connectivity index (χ0n) is 15.1. The van der Waals surface area contributed by atoms with E-state index in [4.69, 9.17) is 0 Å². The molecule has 152 valence electrons. The number of hydrogen-bond donors (Lipinski definition) is 0. The van der Waals surface area contributed by atoms with Gasteiger partial charge in [0.15, 0.2) is 5.65 Å². The van der Waals surface area contributed by atoms with Crippen LogP contribution in [-0.2, 0) is 17.4 Å². The first kappa shape index (κ1) is 19.1. The smallest absolute Gasteiger partial charge is 0.352 e. The Kier molecular flexibility index (Phi) is 4.81. The molecule has 0 spiro atoms. The number of amides is 1. The second kappa shape index (κ2) is 7.30. The van der Waals surface area contributed by atoms with Gasteiger partial charge in [0, 0.05) is 26.2 Å². The molecule has 0 saturated carbocycles. The first-order chi connectivity index (χ1) is 13.8. The van der Waals surface area contributed by atoms with Crippen LogP contribution < -0.4 is 4.90 Å². The van der Waals surface area contributed by atoms with Crippen molar-refractivity contribution in [3.63, 3.8) is 0 Å². The Morgan fingerprint density at radius 1 is 1.07 bits per heavy atom. The van der Waals surface area contributed by atoms with E-state index in [2.05, 4.69) is 15.3 Å². The van der Waals surface area contributed by atoms with Gasteiger partial charge in [-0.05, 0) is 35.9 Å². The van der Waals surface area contributed by atoms with Gasteiger partial charge in [0.2, 0.25) is 5.91 Å². The number of carbonyl (C=O) groups is 1. The lowest BCUT2D eigenvalue weighted by atomic mass is 10.1. The summed E-state index contributed by atoms with van der Waals surface area (Å²) in [7, 11) is 0. The van der Waals surface area contributed by atoms with E-state index in [-0.39, 0.29) is 17.9 Å². The van der Waals surface area contributed by atoms with E-state index in [9.17, 15) is 22.4 Å². The maximum atomic E-state index is 13.5. The molecule has 0 N–H and O–H groups in total. The quantitative estimate of drug-likeness (QED) is 0.622. The Hall–Kier alpha value is -3.24. The molecule has 29 heavy (non-hydrogen) atoms. The number of halogens is 4. The van der Waals surface area contributed by atoms with Gasteiger partial charge in [-0.15, -0.1) is 15.3 Å². The maximum Gasteiger partial charge on any atom is 0.416 e. The van der Waals surface area contributed by atoms with E-state index in [1.54, 1.807) is 15.5 Å². The van der Waals surface area contributed by atoms with Crippen LogP contribution in [0, 0.1) is 5.82 Å². The predicted octanol–water partition coefficient (Wildman–Crippen LogP) is 2.17. The highest BCUT2D eigenvalue weighted by Gasteiger charge is 2.32. The highest BCUT2D eigenvalue weighted by atomic mass is 19.4. The van der Waals surface area contributed by atoms with Gasteiger partial charge in [-0.1, -0.05) is 0 Å². The second-order valence-corrected chi connectivity index (χ2v) is 6.72. The van der Waals surface area contributed by atoms with Crippen LogP contribution in [0.5, 0.6) is 0 Å². The van der Waals surface area contributed by atoms with Crippen LogP contribution in [0.4, 0.5) is 23.4 Å². The fourth-order valence-electron chi connectivity index (χ4n) is 3.27. The third-order valence-corrected chi connectivity index (χ3v) is 4.74. The molecule has 1 amide bonds. The lowest BCUT2D eigenvalue weighted by Gasteiger charge is -2.35. The van der Waals surface area contributed by atoms with Crippen molar-refractivity contribution < 1.29 is 22.4 Å². The lowest BCUT2D eigenvalue weighted by Crippen LogP contribution is -2.49. The average molecular weight is 408 g/mol. The van der Waals surface area contributed by atoms with Gasteiger partial charge in [-0.3, -0.25) is 4.79 Å². The molecule has 11 heteroatoms. The van der Waals surface area contributed by atoms with Crippen LogP contribution in [0.15, 0.2) is 36.7 Å². The number of anilines is 1. The average Bonchev–Trinajstić information content (AvgIpc) is 3.15. The van der Waals surface area contributed by atoms with Crippen molar-refractivity contribution in [2.24, 2.45) is 0 Å². The molecule has 0 atom stereocenters. The van der Waals surface area contributed by atoms with Gasteiger partial charge in [0.25, 0.3) is 0 Å². The summed E-state index contributed by atoms with van der Waals surface area (Å²) >= 11 is 0. The van der Waals surface area contributed by atoms with Gasteiger partial charge in [0.05, 0.1) is 12.0 Å². The molecule has 3 heterocycles. The summed E-state index contributed by atoms with van der Waals surface area (Å²) in [6.45, 7) is 1.82. The minimum absolute atomic E-state index is 0.00415.